The summed E-state index contributed by atoms with van der Waals surface area (Å²) in [7, 11) is 0. The Balaban J connectivity index is 1.22. The number of benzene rings is 2. The molecule has 2 N–H and O–H groups in total. The first kappa shape index (κ1) is 21.5. The average Bonchev–Trinajstić information content (AvgIpc) is 3.35. The van der Waals surface area contributed by atoms with E-state index in [4.69, 9.17) is 4.98 Å². The summed E-state index contributed by atoms with van der Waals surface area (Å²) in [5, 5.41) is 4.59. The van der Waals surface area contributed by atoms with Crippen LogP contribution in [0, 0.1) is 0 Å². The fourth-order valence-corrected chi connectivity index (χ4v) is 5.63. The molecule has 8 nitrogen and oxygen atoms in total. The predicted molar refractivity (Wildman–Crippen MR) is 125 cm³/mol. The van der Waals surface area contributed by atoms with Crippen LogP contribution in [0.1, 0.15) is 36.3 Å². The van der Waals surface area contributed by atoms with Crippen molar-refractivity contribution in [3.05, 3.63) is 65.2 Å². The maximum Gasteiger partial charge on any atom is 0.344 e. The molecule has 2 aliphatic heterocycles. The molecule has 1 aromatic heterocycles. The van der Waals surface area contributed by atoms with Crippen molar-refractivity contribution in [2.45, 2.75) is 31.2 Å². The van der Waals surface area contributed by atoms with Gasteiger partial charge in [0.1, 0.15) is 5.54 Å². The van der Waals surface area contributed by atoms with Crippen LogP contribution in [0.25, 0.3) is 10.2 Å². The number of aromatic nitrogens is 1. The van der Waals surface area contributed by atoms with Crippen molar-refractivity contribution in [2.24, 2.45) is 0 Å². The van der Waals surface area contributed by atoms with Gasteiger partial charge < -0.3 is 5.32 Å². The topological polar surface area (TPSA) is 94.6 Å². The molecule has 4 amide bonds. The molecule has 33 heavy (non-hydrogen) atoms. The summed E-state index contributed by atoms with van der Waals surface area (Å²) in [5.74, 6) is -0.624. The van der Waals surface area contributed by atoms with Gasteiger partial charge in [-0.05, 0) is 44.0 Å². The van der Waals surface area contributed by atoms with Crippen molar-refractivity contribution >= 4 is 39.4 Å². The number of carbonyl (C=O) groups is 3. The first-order valence-corrected chi connectivity index (χ1v) is 11.9. The number of imide groups is 1. The van der Waals surface area contributed by atoms with Gasteiger partial charge in [-0.3, -0.25) is 19.9 Å². The van der Waals surface area contributed by atoms with Crippen LogP contribution in [0.5, 0.6) is 0 Å². The fraction of sp³-hybridized carbons (Fsp3) is 0.333. The summed E-state index contributed by atoms with van der Waals surface area (Å²) >= 11 is 1.70. The first-order valence-electron chi connectivity index (χ1n) is 11.0. The first-order chi connectivity index (χ1) is 15.9. The van der Waals surface area contributed by atoms with Crippen molar-refractivity contribution in [1.82, 2.24) is 25.6 Å². The maximum atomic E-state index is 13.0. The molecule has 2 atom stereocenters. The van der Waals surface area contributed by atoms with E-state index in [-0.39, 0.29) is 18.4 Å². The lowest BCUT2D eigenvalue weighted by Crippen LogP contribution is -2.51. The molecule has 0 spiro atoms. The van der Waals surface area contributed by atoms with Crippen LogP contribution in [0.15, 0.2) is 54.6 Å². The molecule has 2 aromatic carbocycles. The molecular weight excluding hydrogens is 438 g/mol. The molecule has 3 aromatic rings. The van der Waals surface area contributed by atoms with E-state index in [0.29, 0.717) is 5.56 Å². The molecule has 3 heterocycles. The molecular formula is C24H25N5O3S. The largest absolute Gasteiger partial charge is 0.344 e. The number of urea groups is 1. The zero-order valence-corrected chi connectivity index (χ0v) is 19.1. The highest BCUT2D eigenvalue weighted by Gasteiger charge is 2.50. The number of hydrazine groups is 1. The molecule has 0 aliphatic carbocycles. The fourth-order valence-electron chi connectivity index (χ4n) is 4.54. The summed E-state index contributed by atoms with van der Waals surface area (Å²) in [6, 6.07) is 16.5. The van der Waals surface area contributed by atoms with Crippen molar-refractivity contribution in [2.75, 3.05) is 19.6 Å². The Morgan fingerprint density at radius 2 is 1.94 bits per heavy atom. The smallest absolute Gasteiger partial charge is 0.318 e. The maximum absolute atomic E-state index is 13.0. The normalized spacial score (nSPS) is 23.7. The summed E-state index contributed by atoms with van der Waals surface area (Å²) in [5.41, 5.74) is 2.96. The number of thiazole rings is 1. The Hall–Kier alpha value is -3.30. The molecule has 5 rings (SSSR count). The van der Waals surface area contributed by atoms with Crippen molar-refractivity contribution in [3.63, 3.8) is 0 Å². The second kappa shape index (κ2) is 8.57. The summed E-state index contributed by atoms with van der Waals surface area (Å²) in [6.45, 7) is 3.26. The number of hydrogen-bond acceptors (Lipinski definition) is 6. The van der Waals surface area contributed by atoms with Crippen LogP contribution in [0.4, 0.5) is 4.79 Å². The van der Waals surface area contributed by atoms with Crippen LogP contribution >= 0.6 is 11.3 Å². The Labute approximate surface area is 195 Å². The van der Waals surface area contributed by atoms with Gasteiger partial charge in [0.05, 0.1) is 21.8 Å². The SMILES string of the molecule is C[C@]1(c2ccccc2)NC(=O)N(NC(=O)CN2CCC[C@@H](c3nc4ccccc4s3)C2)C1=O. The van der Waals surface area contributed by atoms with Crippen molar-refractivity contribution < 1.29 is 14.4 Å². The van der Waals surface area contributed by atoms with E-state index in [1.807, 2.05) is 24.3 Å². The molecule has 2 fully saturated rings. The lowest BCUT2D eigenvalue weighted by molar-refractivity contribution is -0.139. The van der Waals surface area contributed by atoms with Gasteiger partial charge in [0.25, 0.3) is 11.8 Å². The van der Waals surface area contributed by atoms with E-state index in [0.717, 1.165) is 41.5 Å². The molecule has 9 heteroatoms. The van der Waals surface area contributed by atoms with Crippen molar-refractivity contribution in [3.8, 4) is 0 Å². The molecule has 0 unspecified atom stereocenters. The Kier molecular flexibility index (Phi) is 5.59. The highest BCUT2D eigenvalue weighted by Crippen LogP contribution is 2.33. The Bertz CT molecular complexity index is 1180. The van der Waals surface area contributed by atoms with Crippen LogP contribution in [-0.2, 0) is 15.1 Å². The van der Waals surface area contributed by atoms with Gasteiger partial charge in [-0.2, -0.15) is 5.01 Å². The zero-order valence-electron chi connectivity index (χ0n) is 18.3. The number of nitrogens with zero attached hydrogens (tertiary/aromatic N) is 3. The Morgan fingerprint density at radius 1 is 1.18 bits per heavy atom. The van der Waals surface area contributed by atoms with Gasteiger partial charge in [0, 0.05) is 12.5 Å². The number of hydrogen-bond donors (Lipinski definition) is 2. The summed E-state index contributed by atoms with van der Waals surface area (Å²) in [6.07, 6.45) is 1.99. The number of para-hydroxylation sites is 1. The monoisotopic (exact) mass is 463 g/mol. The quantitative estimate of drug-likeness (QED) is 0.568. The lowest BCUT2D eigenvalue weighted by Gasteiger charge is -2.31. The number of nitrogens with one attached hydrogen (secondary N) is 2. The van der Waals surface area contributed by atoms with E-state index >= 15 is 0 Å². The van der Waals surface area contributed by atoms with E-state index in [1.165, 1.54) is 4.70 Å². The molecule has 2 aliphatic rings. The van der Waals surface area contributed by atoms with E-state index < -0.39 is 17.5 Å². The minimum Gasteiger partial charge on any atom is -0.318 e. The molecule has 170 valence electrons. The summed E-state index contributed by atoms with van der Waals surface area (Å²) in [4.78, 5) is 45.1. The minimum atomic E-state index is -1.21. The summed E-state index contributed by atoms with van der Waals surface area (Å²) < 4.78 is 1.17. The van der Waals surface area contributed by atoms with E-state index in [9.17, 15) is 14.4 Å². The molecule has 0 saturated carbocycles. The number of rotatable bonds is 5. The third kappa shape index (κ3) is 4.09. The van der Waals surface area contributed by atoms with Gasteiger partial charge >= 0.3 is 6.03 Å². The van der Waals surface area contributed by atoms with Gasteiger partial charge in [0.15, 0.2) is 0 Å². The van der Waals surface area contributed by atoms with Crippen LogP contribution < -0.4 is 10.7 Å². The number of carbonyl (C=O) groups excluding carboxylic acids is 3. The molecule has 0 radical (unpaired) electrons. The minimum absolute atomic E-state index is 0.112. The predicted octanol–water partition coefficient (Wildman–Crippen LogP) is 2.97. The molecule has 0 bridgehead atoms. The van der Waals surface area contributed by atoms with Crippen LogP contribution in [0.2, 0.25) is 0 Å². The van der Waals surface area contributed by atoms with E-state index in [2.05, 4.69) is 21.7 Å². The second-order valence-corrected chi connectivity index (χ2v) is 9.75. The number of fused-ring (bicyclic) bond motifs is 1. The highest BCUT2D eigenvalue weighted by atomic mass is 32.1. The number of amides is 4. The second-order valence-electron chi connectivity index (χ2n) is 8.69. The third-order valence-corrected chi connectivity index (χ3v) is 7.51. The number of likely N-dealkylation sites (tertiary alicyclic amines) is 1. The lowest BCUT2D eigenvalue weighted by atomic mass is 9.92. The highest BCUT2D eigenvalue weighted by molar-refractivity contribution is 7.18. The molecule has 2 saturated heterocycles. The third-order valence-electron chi connectivity index (χ3n) is 6.31. The van der Waals surface area contributed by atoms with Gasteiger partial charge in [-0.15, -0.1) is 11.3 Å². The van der Waals surface area contributed by atoms with Crippen molar-refractivity contribution in [1.29, 1.82) is 0 Å². The van der Waals surface area contributed by atoms with Crippen LogP contribution in [0.3, 0.4) is 0 Å². The van der Waals surface area contributed by atoms with E-state index in [1.54, 1.807) is 42.5 Å². The van der Waals surface area contributed by atoms with Gasteiger partial charge in [-0.25, -0.2) is 9.78 Å². The zero-order chi connectivity index (χ0) is 23.0. The van der Waals surface area contributed by atoms with Crippen LogP contribution in [-0.4, -0.2) is 52.4 Å². The van der Waals surface area contributed by atoms with Gasteiger partial charge in [-0.1, -0.05) is 42.5 Å². The standard InChI is InChI=1S/C24H25N5O3S/c1-24(17-9-3-2-4-10-17)22(31)29(23(32)26-24)27-20(30)15-28-13-7-8-16(14-28)21-25-18-11-5-6-12-19(18)33-21/h2-6,9-12,16H,7-8,13-15H2,1H3,(H,26,32)(H,27,30)/t16-,24-/m1/s1. The van der Waals surface area contributed by atoms with Gasteiger partial charge in [0.2, 0.25) is 0 Å². The number of piperidine rings is 1. The average molecular weight is 464 g/mol. The Morgan fingerprint density at radius 3 is 2.73 bits per heavy atom.